The predicted molar refractivity (Wildman–Crippen MR) is 112 cm³/mol. The molecule has 0 aliphatic carbocycles. The second-order valence-corrected chi connectivity index (χ2v) is 5.84. The number of hydrogen-bond acceptors (Lipinski definition) is 6. The van der Waals surface area contributed by atoms with Crippen LogP contribution in [0, 0.1) is 10.8 Å². The number of likely N-dealkylation sites (N-methyl/N-ethyl adjacent to an activating group) is 2. The lowest BCUT2D eigenvalue weighted by Crippen LogP contribution is -3.00. The van der Waals surface area contributed by atoms with Crippen molar-refractivity contribution in [3.63, 3.8) is 0 Å². The van der Waals surface area contributed by atoms with Crippen molar-refractivity contribution in [2.45, 2.75) is 13.8 Å². The van der Waals surface area contributed by atoms with Crippen molar-refractivity contribution in [2.24, 2.45) is 0 Å². The minimum Gasteiger partial charge on any atom is -1.00 e. The Hall–Kier alpha value is -2.62. The fourth-order valence-corrected chi connectivity index (χ4v) is 2.64. The molecule has 0 radical (unpaired) electrons. The Balaban J connectivity index is 0. The van der Waals surface area contributed by atoms with Gasteiger partial charge >= 0.3 is 11.4 Å². The van der Waals surface area contributed by atoms with E-state index in [2.05, 4.69) is 9.95 Å². The second kappa shape index (κ2) is 17.3. The van der Waals surface area contributed by atoms with Crippen LogP contribution >= 0.6 is 0 Å². The summed E-state index contributed by atoms with van der Waals surface area (Å²) in [5.41, 5.74) is 3.12. The third-order valence-electron chi connectivity index (χ3n) is 4.16. The lowest BCUT2D eigenvalue weighted by molar-refractivity contribution is -0.00100. The fraction of sp³-hybridized carbons (Fsp3) is 0.400. The number of aliphatic hydroxyl groups excluding tert-OH is 2. The monoisotopic (exact) mass is 454 g/mol. The van der Waals surface area contributed by atoms with Crippen molar-refractivity contribution < 1.29 is 35.0 Å². The first-order valence-corrected chi connectivity index (χ1v) is 9.25. The lowest BCUT2D eigenvalue weighted by atomic mass is 10.2. The van der Waals surface area contributed by atoms with Gasteiger partial charge in [0.2, 0.25) is 10.8 Å². The first-order chi connectivity index (χ1) is 13.6. The molecule has 8 nitrogen and oxygen atoms in total. The van der Waals surface area contributed by atoms with Crippen LogP contribution < -0.4 is 34.6 Å². The number of rotatable bonds is 8. The van der Waals surface area contributed by atoms with Crippen molar-refractivity contribution in [1.29, 1.82) is 10.8 Å². The molecule has 0 amide bonds. The van der Waals surface area contributed by atoms with E-state index in [1.165, 1.54) is 0 Å². The highest BCUT2D eigenvalue weighted by molar-refractivity contribution is 5.56. The van der Waals surface area contributed by atoms with Crippen LogP contribution in [0.5, 0.6) is 0 Å². The highest BCUT2D eigenvalue weighted by atomic mass is 35.5. The van der Waals surface area contributed by atoms with Gasteiger partial charge in [-0.05, 0) is 38.1 Å². The largest absolute Gasteiger partial charge is 1.00 e. The molecule has 164 valence electrons. The number of hydrogen-bond donors (Lipinski definition) is 2. The smallest absolute Gasteiger partial charge is 0.385 e. The van der Waals surface area contributed by atoms with E-state index in [0.717, 1.165) is 24.5 Å². The van der Waals surface area contributed by atoms with E-state index < -0.39 is 0 Å². The summed E-state index contributed by atoms with van der Waals surface area (Å²) in [5, 5.41) is 34.7. The maximum atomic E-state index is 8.83. The van der Waals surface area contributed by atoms with Gasteiger partial charge in [0, 0.05) is 61.8 Å². The fourth-order valence-electron chi connectivity index (χ4n) is 2.64. The zero-order chi connectivity index (χ0) is 20.8. The average Bonchev–Trinajstić information content (AvgIpc) is 2.76. The number of aliphatic hydroxyl groups is 2. The van der Waals surface area contributed by atoms with E-state index in [-0.39, 0.29) is 38.0 Å². The SMILES string of the molecule is CCN(CCO)c1ccc([N+]#N)cc1.CCN(CCO)c1ccc([N+]#N)cc1.[Cl-].[Cl-]. The van der Waals surface area contributed by atoms with Gasteiger partial charge in [0.1, 0.15) is 0 Å². The van der Waals surface area contributed by atoms with Crippen LogP contribution in [0.1, 0.15) is 13.8 Å². The molecule has 0 fully saturated rings. The zero-order valence-electron chi connectivity index (χ0n) is 17.2. The van der Waals surface area contributed by atoms with Crippen LogP contribution in [0.3, 0.4) is 0 Å². The second-order valence-electron chi connectivity index (χ2n) is 5.84. The molecule has 0 saturated heterocycles. The van der Waals surface area contributed by atoms with Crippen LogP contribution in [-0.4, -0.2) is 49.6 Å². The molecule has 0 heterocycles. The summed E-state index contributed by atoms with van der Waals surface area (Å²) in [4.78, 5) is 10.2. The standard InChI is InChI=1S/2C10H14N3O.2ClH/c2*1-2-13(7-8-14)10-5-3-9(12-11)4-6-10;;/h2*3-6,14H,2,7-8H2,1H3;2*1H/q2*+1;;/p-2. The van der Waals surface area contributed by atoms with Crippen molar-refractivity contribution in [2.75, 3.05) is 49.2 Å². The number of anilines is 2. The van der Waals surface area contributed by atoms with Crippen LogP contribution in [0.2, 0.25) is 0 Å². The van der Waals surface area contributed by atoms with Crippen molar-refractivity contribution in [3.8, 4) is 0 Å². The molecule has 2 rings (SSSR count). The van der Waals surface area contributed by atoms with Gasteiger partial charge in [-0.3, -0.25) is 0 Å². The molecular weight excluding hydrogens is 427 g/mol. The molecule has 2 aromatic rings. The van der Waals surface area contributed by atoms with Crippen molar-refractivity contribution in [3.05, 3.63) is 58.5 Å². The highest BCUT2D eigenvalue weighted by Gasteiger charge is 2.08. The summed E-state index contributed by atoms with van der Waals surface area (Å²) >= 11 is 0. The summed E-state index contributed by atoms with van der Waals surface area (Å²) < 4.78 is 0. The summed E-state index contributed by atoms with van der Waals surface area (Å²) in [6.07, 6.45) is 0. The van der Waals surface area contributed by atoms with E-state index in [1.54, 1.807) is 24.3 Å². The molecule has 0 aromatic heterocycles. The highest BCUT2D eigenvalue weighted by Crippen LogP contribution is 2.20. The number of benzene rings is 2. The summed E-state index contributed by atoms with van der Waals surface area (Å²) in [6, 6.07) is 14.4. The predicted octanol–water partition coefficient (Wildman–Crippen LogP) is -2.01. The molecule has 0 aliphatic heterocycles. The van der Waals surface area contributed by atoms with Crippen molar-refractivity contribution >= 4 is 22.7 Å². The zero-order valence-corrected chi connectivity index (χ0v) is 18.7. The van der Waals surface area contributed by atoms with E-state index >= 15 is 0 Å². The summed E-state index contributed by atoms with van der Waals surface area (Å²) in [6.45, 7) is 7.25. The third-order valence-corrected chi connectivity index (χ3v) is 4.16. The maximum Gasteiger partial charge on any atom is 0.385 e. The lowest BCUT2D eigenvalue weighted by Gasteiger charge is -2.21. The van der Waals surface area contributed by atoms with E-state index in [1.807, 2.05) is 47.9 Å². The van der Waals surface area contributed by atoms with Gasteiger partial charge in [-0.25, -0.2) is 0 Å². The normalized spacial score (nSPS) is 8.87. The Bertz CT molecular complexity index is 708. The average molecular weight is 455 g/mol. The first kappa shape index (κ1) is 29.6. The molecule has 0 atom stereocenters. The topological polar surface area (TPSA) is 103 Å². The van der Waals surface area contributed by atoms with Crippen LogP contribution in [-0.2, 0) is 0 Å². The molecule has 10 heteroatoms. The van der Waals surface area contributed by atoms with Gasteiger partial charge in [0.25, 0.3) is 0 Å². The van der Waals surface area contributed by atoms with Gasteiger partial charge in [-0.15, -0.1) is 0 Å². The van der Waals surface area contributed by atoms with E-state index in [4.69, 9.17) is 21.0 Å². The molecule has 2 N–H and O–H groups in total. The first-order valence-electron chi connectivity index (χ1n) is 9.25. The van der Waals surface area contributed by atoms with Crippen LogP contribution in [0.25, 0.3) is 9.95 Å². The Morgan fingerprint density at radius 3 is 1.17 bits per heavy atom. The van der Waals surface area contributed by atoms with Gasteiger partial charge in [0.15, 0.2) is 9.95 Å². The Labute approximate surface area is 190 Å². The molecule has 30 heavy (non-hydrogen) atoms. The van der Waals surface area contributed by atoms with E-state index in [0.29, 0.717) is 24.5 Å². The minimum atomic E-state index is 0. The van der Waals surface area contributed by atoms with Gasteiger partial charge < -0.3 is 44.8 Å². The number of diazo groups is 2. The third kappa shape index (κ3) is 9.73. The van der Waals surface area contributed by atoms with Gasteiger partial charge in [0.05, 0.1) is 13.2 Å². The Morgan fingerprint density at radius 1 is 0.667 bits per heavy atom. The molecule has 0 saturated carbocycles. The van der Waals surface area contributed by atoms with E-state index in [9.17, 15) is 0 Å². The molecule has 0 spiro atoms. The van der Waals surface area contributed by atoms with Gasteiger partial charge in [-0.1, -0.05) is 0 Å². The molecule has 0 bridgehead atoms. The maximum absolute atomic E-state index is 8.83. The minimum absolute atomic E-state index is 0. The Morgan fingerprint density at radius 2 is 0.967 bits per heavy atom. The van der Waals surface area contributed by atoms with Crippen molar-refractivity contribution in [1.82, 2.24) is 0 Å². The molecule has 0 aliphatic rings. The van der Waals surface area contributed by atoms with Gasteiger partial charge in [-0.2, -0.15) is 0 Å². The number of nitrogens with zero attached hydrogens (tertiary/aromatic N) is 6. The Kier molecular flexibility index (Phi) is 17.0. The van der Waals surface area contributed by atoms with Crippen LogP contribution in [0.4, 0.5) is 22.7 Å². The van der Waals surface area contributed by atoms with Crippen LogP contribution in [0.15, 0.2) is 48.5 Å². The summed E-state index contributed by atoms with van der Waals surface area (Å²) in [5.74, 6) is 0. The quantitative estimate of drug-likeness (QED) is 0.446. The number of halogens is 2. The summed E-state index contributed by atoms with van der Waals surface area (Å²) in [7, 11) is 0. The molecule has 2 aromatic carbocycles. The molecule has 0 unspecified atom stereocenters. The molecular formula is C20H28Cl2N6O2.